The van der Waals surface area contributed by atoms with Crippen molar-refractivity contribution in [2.45, 2.75) is 52.2 Å². The van der Waals surface area contributed by atoms with Crippen molar-refractivity contribution in [2.75, 3.05) is 66.4 Å². The number of nitrogens with zero attached hydrogens (tertiary/aromatic N) is 4. The van der Waals surface area contributed by atoms with Crippen molar-refractivity contribution >= 4 is 29.2 Å². The number of rotatable bonds is 8. The van der Waals surface area contributed by atoms with Crippen LogP contribution in [0.5, 0.6) is 0 Å². The molecule has 4 N–H and O–H groups in total. The standard InChI is InChI=1S/C28H40N6O4/c1-19(2)21-10-12-33(13-11-21)26-22(8-9-24(30-26)32-28(4,17-35)18-36)27(37)31-23-6-5-7-25(29-23)34-14-15-38-20(3)16-34/h5-9,20,35-36H,10-18H2,1-4H3,(H,30,32)(H,29,31,37)/t20-/m1/s1. The van der Waals surface area contributed by atoms with Gasteiger partial charge in [-0.15, -0.1) is 0 Å². The molecule has 1 atom stereocenters. The molecule has 38 heavy (non-hydrogen) atoms. The van der Waals surface area contributed by atoms with Gasteiger partial charge in [-0.1, -0.05) is 17.2 Å². The van der Waals surface area contributed by atoms with E-state index in [1.165, 1.54) is 11.1 Å². The van der Waals surface area contributed by atoms with Gasteiger partial charge >= 0.3 is 0 Å². The van der Waals surface area contributed by atoms with Crippen LogP contribution in [0, 0.1) is 0 Å². The summed E-state index contributed by atoms with van der Waals surface area (Å²) in [6.07, 6.45) is 1.95. The van der Waals surface area contributed by atoms with Gasteiger partial charge in [-0.05, 0) is 64.8 Å². The first kappa shape index (κ1) is 27.8. The van der Waals surface area contributed by atoms with Gasteiger partial charge in [-0.25, -0.2) is 9.97 Å². The van der Waals surface area contributed by atoms with E-state index in [1.807, 2.05) is 19.1 Å². The molecule has 2 aliphatic heterocycles. The van der Waals surface area contributed by atoms with Crippen LogP contribution in [0.15, 0.2) is 41.5 Å². The average molecular weight is 525 g/mol. The SMILES string of the molecule is CC(C)=C1CCN(c2nc(NC(C)(CO)CO)ccc2C(=O)Nc2cccc(N3CCO[C@H](C)C3)n2)CC1. The largest absolute Gasteiger partial charge is 0.394 e. The lowest BCUT2D eigenvalue weighted by Crippen LogP contribution is -2.43. The Hall–Kier alpha value is -3.21. The molecule has 10 heteroatoms. The topological polar surface area (TPSA) is 123 Å². The molecule has 0 saturated carbocycles. The molecule has 2 aliphatic rings. The van der Waals surface area contributed by atoms with E-state index in [4.69, 9.17) is 9.72 Å². The van der Waals surface area contributed by atoms with Crippen molar-refractivity contribution in [3.8, 4) is 0 Å². The summed E-state index contributed by atoms with van der Waals surface area (Å²) in [5.74, 6) is 2.03. The Morgan fingerprint density at radius 2 is 1.79 bits per heavy atom. The van der Waals surface area contributed by atoms with Crippen molar-refractivity contribution in [1.29, 1.82) is 0 Å². The molecule has 4 heterocycles. The minimum Gasteiger partial charge on any atom is -0.394 e. The molecule has 0 aliphatic carbocycles. The number of aliphatic hydroxyl groups excluding tert-OH is 2. The maximum atomic E-state index is 13.5. The molecule has 4 rings (SSSR count). The van der Waals surface area contributed by atoms with Gasteiger partial charge in [0.2, 0.25) is 0 Å². The third kappa shape index (κ3) is 6.61. The van der Waals surface area contributed by atoms with E-state index in [9.17, 15) is 15.0 Å². The van der Waals surface area contributed by atoms with Crippen molar-refractivity contribution in [3.05, 3.63) is 47.0 Å². The second-order valence-corrected chi connectivity index (χ2v) is 10.6. The second kappa shape index (κ2) is 12.1. The predicted octanol–water partition coefficient (Wildman–Crippen LogP) is 3.05. The number of morpholine rings is 1. The zero-order chi connectivity index (χ0) is 27.3. The van der Waals surface area contributed by atoms with Crippen LogP contribution in [0.2, 0.25) is 0 Å². The van der Waals surface area contributed by atoms with Crippen LogP contribution in [0.4, 0.5) is 23.3 Å². The lowest BCUT2D eigenvalue weighted by atomic mass is 9.99. The molecular formula is C28H40N6O4. The Labute approximate surface area is 224 Å². The maximum Gasteiger partial charge on any atom is 0.260 e. The molecule has 10 nitrogen and oxygen atoms in total. The Morgan fingerprint density at radius 1 is 1.05 bits per heavy atom. The van der Waals surface area contributed by atoms with E-state index in [-0.39, 0.29) is 25.2 Å². The molecule has 0 aromatic carbocycles. The quantitative estimate of drug-likeness (QED) is 0.386. The highest BCUT2D eigenvalue weighted by Gasteiger charge is 2.26. The summed E-state index contributed by atoms with van der Waals surface area (Å²) in [4.78, 5) is 27.3. The first-order chi connectivity index (χ1) is 18.2. The lowest BCUT2D eigenvalue weighted by molar-refractivity contribution is 0.0529. The Morgan fingerprint density at radius 3 is 2.45 bits per heavy atom. The first-order valence-corrected chi connectivity index (χ1v) is 13.3. The van der Waals surface area contributed by atoms with Crippen molar-refractivity contribution < 1.29 is 19.7 Å². The molecule has 2 aromatic heterocycles. The number of aromatic nitrogens is 2. The van der Waals surface area contributed by atoms with E-state index in [1.54, 1.807) is 25.1 Å². The Balaban J connectivity index is 1.59. The third-order valence-corrected chi connectivity index (χ3v) is 7.16. The average Bonchev–Trinajstić information content (AvgIpc) is 2.93. The van der Waals surface area contributed by atoms with Crippen LogP contribution in [0.25, 0.3) is 0 Å². The van der Waals surface area contributed by atoms with Crippen LogP contribution in [0.1, 0.15) is 50.9 Å². The summed E-state index contributed by atoms with van der Waals surface area (Å²) in [5.41, 5.74) is 2.28. The number of pyridine rings is 2. The number of carbonyl (C=O) groups is 1. The van der Waals surface area contributed by atoms with Gasteiger partial charge in [0.25, 0.3) is 5.91 Å². The number of anilines is 4. The zero-order valence-electron chi connectivity index (χ0n) is 22.8. The number of carbonyl (C=O) groups excluding carboxylic acids is 1. The van der Waals surface area contributed by atoms with Gasteiger partial charge in [-0.2, -0.15) is 0 Å². The van der Waals surface area contributed by atoms with Crippen molar-refractivity contribution in [1.82, 2.24) is 9.97 Å². The molecule has 206 valence electrons. The van der Waals surface area contributed by atoms with E-state index in [0.717, 1.165) is 44.8 Å². The second-order valence-electron chi connectivity index (χ2n) is 10.6. The summed E-state index contributed by atoms with van der Waals surface area (Å²) in [6, 6.07) is 9.05. The lowest BCUT2D eigenvalue weighted by Gasteiger charge is -2.33. The van der Waals surface area contributed by atoms with E-state index >= 15 is 0 Å². The summed E-state index contributed by atoms with van der Waals surface area (Å²) in [7, 11) is 0. The van der Waals surface area contributed by atoms with E-state index < -0.39 is 5.54 Å². The Bertz CT molecular complexity index is 1150. The van der Waals surface area contributed by atoms with Gasteiger partial charge < -0.3 is 35.4 Å². The number of hydrogen-bond acceptors (Lipinski definition) is 9. The van der Waals surface area contributed by atoms with Crippen molar-refractivity contribution in [3.63, 3.8) is 0 Å². The fourth-order valence-electron chi connectivity index (χ4n) is 4.74. The van der Waals surface area contributed by atoms with Gasteiger partial charge in [-0.3, -0.25) is 4.79 Å². The fourth-order valence-corrected chi connectivity index (χ4v) is 4.74. The van der Waals surface area contributed by atoms with Crippen LogP contribution < -0.4 is 20.4 Å². The number of ether oxygens (including phenoxy) is 1. The Kier molecular flexibility index (Phi) is 8.86. The highest BCUT2D eigenvalue weighted by molar-refractivity contribution is 6.07. The number of hydrogen-bond donors (Lipinski definition) is 4. The van der Waals surface area contributed by atoms with Crippen LogP contribution >= 0.6 is 0 Å². The highest BCUT2D eigenvalue weighted by Crippen LogP contribution is 2.29. The number of nitrogens with one attached hydrogen (secondary N) is 2. The molecule has 0 radical (unpaired) electrons. The minimum atomic E-state index is -0.938. The van der Waals surface area contributed by atoms with Gasteiger partial charge in [0.05, 0.1) is 37.0 Å². The number of piperidine rings is 1. The molecule has 2 aromatic rings. The predicted molar refractivity (Wildman–Crippen MR) is 150 cm³/mol. The summed E-state index contributed by atoms with van der Waals surface area (Å²) < 4.78 is 5.64. The maximum absolute atomic E-state index is 13.5. The molecule has 2 fully saturated rings. The first-order valence-electron chi connectivity index (χ1n) is 13.3. The number of amides is 1. The molecule has 1 amide bonds. The van der Waals surface area contributed by atoms with Crippen LogP contribution in [-0.4, -0.2) is 83.7 Å². The highest BCUT2D eigenvalue weighted by atomic mass is 16.5. The van der Waals surface area contributed by atoms with Gasteiger partial charge in [0, 0.05) is 26.2 Å². The van der Waals surface area contributed by atoms with Gasteiger partial charge in [0.1, 0.15) is 23.3 Å². The fraction of sp³-hybridized carbons (Fsp3) is 0.536. The molecule has 0 spiro atoms. The normalized spacial score (nSPS) is 18.4. The monoisotopic (exact) mass is 524 g/mol. The minimum absolute atomic E-state index is 0.125. The summed E-state index contributed by atoms with van der Waals surface area (Å²) in [5, 5.41) is 25.6. The van der Waals surface area contributed by atoms with Crippen LogP contribution in [-0.2, 0) is 4.74 Å². The number of allylic oxidation sites excluding steroid dienone is 1. The molecule has 0 unspecified atom stereocenters. The van der Waals surface area contributed by atoms with Gasteiger partial charge in [0.15, 0.2) is 0 Å². The third-order valence-electron chi connectivity index (χ3n) is 7.16. The summed E-state index contributed by atoms with van der Waals surface area (Å²) in [6.45, 7) is 11.1. The van der Waals surface area contributed by atoms with E-state index in [2.05, 4.69) is 39.3 Å². The molecule has 0 bridgehead atoms. The smallest absolute Gasteiger partial charge is 0.260 e. The number of aliphatic hydroxyl groups is 2. The van der Waals surface area contributed by atoms with E-state index in [0.29, 0.717) is 29.6 Å². The van der Waals surface area contributed by atoms with Crippen LogP contribution in [0.3, 0.4) is 0 Å². The molecular weight excluding hydrogens is 484 g/mol. The summed E-state index contributed by atoms with van der Waals surface area (Å²) >= 11 is 0. The van der Waals surface area contributed by atoms with Crippen molar-refractivity contribution in [2.24, 2.45) is 0 Å². The molecule has 2 saturated heterocycles. The zero-order valence-corrected chi connectivity index (χ0v) is 22.8.